The number of hydrogen-bond acceptors (Lipinski definition) is 1. The van der Waals surface area contributed by atoms with Gasteiger partial charge in [-0.3, -0.25) is 0 Å². The van der Waals surface area contributed by atoms with Crippen LogP contribution in [0.4, 0.5) is 18.9 Å². The molecule has 0 unspecified atom stereocenters. The Labute approximate surface area is 132 Å². The molecule has 3 atom stereocenters. The number of anilines is 1. The molecule has 4 heteroatoms. The van der Waals surface area contributed by atoms with Crippen LogP contribution in [0.25, 0.3) is 0 Å². The summed E-state index contributed by atoms with van der Waals surface area (Å²) in [6.45, 7) is 0. The molecule has 1 heterocycles. The summed E-state index contributed by atoms with van der Waals surface area (Å²) in [6, 6.07) is 13.8. The molecule has 0 bridgehead atoms. The number of rotatable bonds is 1. The van der Waals surface area contributed by atoms with Gasteiger partial charge in [0.2, 0.25) is 0 Å². The van der Waals surface area contributed by atoms with Crippen molar-refractivity contribution in [3.05, 3.63) is 77.4 Å². The number of benzene rings is 2. The van der Waals surface area contributed by atoms with Crippen molar-refractivity contribution in [2.24, 2.45) is 5.92 Å². The summed E-state index contributed by atoms with van der Waals surface area (Å²) in [6.07, 6.45) is 1.05. The van der Waals surface area contributed by atoms with Gasteiger partial charge in [0.05, 0.1) is 11.6 Å². The number of alkyl halides is 3. The summed E-state index contributed by atoms with van der Waals surface area (Å²) < 4.78 is 38.2. The summed E-state index contributed by atoms with van der Waals surface area (Å²) in [4.78, 5) is 0. The van der Waals surface area contributed by atoms with E-state index < -0.39 is 11.7 Å². The second-order valence-electron chi connectivity index (χ2n) is 6.18. The number of halogens is 3. The minimum absolute atomic E-state index is 0.0344. The highest BCUT2D eigenvalue weighted by Gasteiger charge is 2.38. The molecule has 4 rings (SSSR count). The van der Waals surface area contributed by atoms with E-state index in [2.05, 4.69) is 23.5 Å². The van der Waals surface area contributed by atoms with E-state index in [0.717, 1.165) is 17.7 Å². The van der Waals surface area contributed by atoms with E-state index in [-0.39, 0.29) is 6.04 Å². The minimum Gasteiger partial charge on any atom is -0.378 e. The Hall–Kier alpha value is -2.23. The average Bonchev–Trinajstić information content (AvgIpc) is 3.03. The predicted octanol–water partition coefficient (Wildman–Crippen LogP) is 5.53. The summed E-state index contributed by atoms with van der Waals surface area (Å²) in [7, 11) is 0. The zero-order valence-corrected chi connectivity index (χ0v) is 12.3. The van der Waals surface area contributed by atoms with Gasteiger partial charge in [-0.15, -0.1) is 0 Å². The van der Waals surface area contributed by atoms with Crippen LogP contribution in [-0.4, -0.2) is 0 Å². The maximum Gasteiger partial charge on any atom is 0.416 e. The second-order valence-corrected chi connectivity index (χ2v) is 6.18. The number of para-hydroxylation sites is 1. The third-order valence-electron chi connectivity index (χ3n) is 4.87. The molecule has 118 valence electrons. The molecule has 1 aliphatic carbocycles. The van der Waals surface area contributed by atoms with E-state index in [1.54, 1.807) is 12.1 Å². The molecule has 2 aromatic rings. The van der Waals surface area contributed by atoms with Crippen LogP contribution in [0.1, 0.15) is 35.1 Å². The van der Waals surface area contributed by atoms with E-state index in [1.165, 1.54) is 17.7 Å². The molecule has 2 aliphatic rings. The SMILES string of the molecule is FC(F)(F)c1ccc([C@@H]2Nc3ccccc3[C@@H]3C=CC[C@@H]32)cc1. The van der Waals surface area contributed by atoms with Gasteiger partial charge in [0.15, 0.2) is 0 Å². The maximum atomic E-state index is 12.7. The van der Waals surface area contributed by atoms with Gasteiger partial charge in [-0.05, 0) is 41.7 Å². The van der Waals surface area contributed by atoms with Crippen molar-refractivity contribution in [2.75, 3.05) is 5.32 Å². The standard InChI is InChI=1S/C19H16F3N/c20-19(21,22)13-10-8-12(9-11-13)18-16-6-3-5-14(16)15-4-1-2-7-17(15)23-18/h1-5,7-11,14,16,18,23H,6H2/t14-,16-,18-/m0/s1. The zero-order valence-electron chi connectivity index (χ0n) is 12.3. The minimum atomic E-state index is -4.29. The van der Waals surface area contributed by atoms with E-state index in [1.807, 2.05) is 18.2 Å². The van der Waals surface area contributed by atoms with Crippen molar-refractivity contribution in [1.82, 2.24) is 0 Å². The summed E-state index contributed by atoms with van der Waals surface area (Å²) in [5, 5.41) is 3.52. The number of hydrogen-bond donors (Lipinski definition) is 1. The highest BCUT2D eigenvalue weighted by atomic mass is 19.4. The average molecular weight is 315 g/mol. The van der Waals surface area contributed by atoms with Crippen LogP contribution in [0.5, 0.6) is 0 Å². The second kappa shape index (κ2) is 5.15. The van der Waals surface area contributed by atoms with Crippen molar-refractivity contribution in [3.63, 3.8) is 0 Å². The fourth-order valence-electron chi connectivity index (χ4n) is 3.75. The van der Waals surface area contributed by atoms with Gasteiger partial charge in [0.25, 0.3) is 0 Å². The van der Waals surface area contributed by atoms with Crippen molar-refractivity contribution < 1.29 is 13.2 Å². The molecular formula is C19H16F3N. The van der Waals surface area contributed by atoms with Crippen LogP contribution < -0.4 is 5.32 Å². The normalized spacial score (nSPS) is 25.6. The summed E-state index contributed by atoms with van der Waals surface area (Å²) in [5.41, 5.74) is 2.66. The molecule has 0 fully saturated rings. The van der Waals surface area contributed by atoms with Crippen LogP contribution in [0.3, 0.4) is 0 Å². The molecule has 2 aromatic carbocycles. The highest BCUT2D eigenvalue weighted by molar-refractivity contribution is 5.59. The lowest BCUT2D eigenvalue weighted by molar-refractivity contribution is -0.137. The van der Waals surface area contributed by atoms with Crippen LogP contribution >= 0.6 is 0 Å². The van der Waals surface area contributed by atoms with Gasteiger partial charge in [-0.25, -0.2) is 0 Å². The van der Waals surface area contributed by atoms with Crippen LogP contribution in [0.2, 0.25) is 0 Å². The molecule has 23 heavy (non-hydrogen) atoms. The molecule has 1 aliphatic heterocycles. The molecule has 1 nitrogen and oxygen atoms in total. The van der Waals surface area contributed by atoms with Gasteiger partial charge in [-0.2, -0.15) is 13.2 Å². The first-order valence-corrected chi connectivity index (χ1v) is 7.73. The Morgan fingerprint density at radius 1 is 0.957 bits per heavy atom. The van der Waals surface area contributed by atoms with Gasteiger partial charge < -0.3 is 5.32 Å². The van der Waals surface area contributed by atoms with Gasteiger partial charge in [-0.1, -0.05) is 42.5 Å². The van der Waals surface area contributed by atoms with E-state index in [0.29, 0.717) is 11.8 Å². The lowest BCUT2D eigenvalue weighted by Crippen LogP contribution is -2.29. The highest BCUT2D eigenvalue weighted by Crippen LogP contribution is 2.49. The lowest BCUT2D eigenvalue weighted by atomic mass is 9.77. The first-order valence-electron chi connectivity index (χ1n) is 7.73. The number of nitrogens with one attached hydrogen (secondary N) is 1. The van der Waals surface area contributed by atoms with E-state index in [4.69, 9.17) is 0 Å². The van der Waals surface area contributed by atoms with Crippen LogP contribution in [-0.2, 0) is 6.18 Å². The molecule has 0 saturated carbocycles. The zero-order chi connectivity index (χ0) is 16.0. The molecule has 0 amide bonds. The van der Waals surface area contributed by atoms with Gasteiger partial charge in [0, 0.05) is 11.6 Å². The first-order chi connectivity index (χ1) is 11.0. The molecule has 1 N–H and O–H groups in total. The topological polar surface area (TPSA) is 12.0 Å². The Balaban J connectivity index is 1.70. The predicted molar refractivity (Wildman–Crippen MR) is 84.2 cm³/mol. The fraction of sp³-hybridized carbons (Fsp3) is 0.263. The Kier molecular flexibility index (Phi) is 3.22. The van der Waals surface area contributed by atoms with Crippen molar-refractivity contribution in [3.8, 4) is 0 Å². The van der Waals surface area contributed by atoms with Gasteiger partial charge >= 0.3 is 6.18 Å². The quantitative estimate of drug-likeness (QED) is 0.682. The number of fused-ring (bicyclic) bond motifs is 3. The smallest absolute Gasteiger partial charge is 0.378 e. The van der Waals surface area contributed by atoms with Gasteiger partial charge in [0.1, 0.15) is 0 Å². The summed E-state index contributed by atoms with van der Waals surface area (Å²) >= 11 is 0. The number of allylic oxidation sites excluding steroid dienone is 2. The third kappa shape index (κ3) is 2.42. The van der Waals surface area contributed by atoms with Crippen LogP contribution in [0.15, 0.2) is 60.7 Å². The third-order valence-corrected chi connectivity index (χ3v) is 4.87. The van der Waals surface area contributed by atoms with E-state index in [9.17, 15) is 13.2 Å². The van der Waals surface area contributed by atoms with Crippen molar-refractivity contribution >= 4 is 5.69 Å². The molecule has 0 aromatic heterocycles. The van der Waals surface area contributed by atoms with Crippen LogP contribution in [0, 0.1) is 5.92 Å². The maximum absolute atomic E-state index is 12.7. The van der Waals surface area contributed by atoms with E-state index >= 15 is 0 Å². The molecule has 0 radical (unpaired) electrons. The molecule has 0 spiro atoms. The lowest BCUT2D eigenvalue weighted by Gasteiger charge is -2.37. The molecule has 0 saturated heterocycles. The largest absolute Gasteiger partial charge is 0.416 e. The summed E-state index contributed by atoms with van der Waals surface area (Å²) in [5.74, 6) is 0.682. The Morgan fingerprint density at radius 3 is 2.43 bits per heavy atom. The van der Waals surface area contributed by atoms with Crippen molar-refractivity contribution in [1.29, 1.82) is 0 Å². The Morgan fingerprint density at radius 2 is 1.70 bits per heavy atom. The fourth-order valence-corrected chi connectivity index (χ4v) is 3.75. The Bertz CT molecular complexity index is 746. The molecular weight excluding hydrogens is 299 g/mol. The first kappa shape index (κ1) is 14.4. The monoisotopic (exact) mass is 315 g/mol. The van der Waals surface area contributed by atoms with Crippen molar-refractivity contribution in [2.45, 2.75) is 24.6 Å².